The summed E-state index contributed by atoms with van der Waals surface area (Å²) in [6, 6.07) is 11.5. The molecule has 1 aliphatic heterocycles. The standard InChI is InChI=1S/C18H18ClN3O5S/c19-14-6-8-17(9-7-14)28(26,27)21-10-2-3-13(12-21)18(23)20-15-4-1-5-16(11-15)22(24)25/h1,4-9,11,13H,2-3,10,12H2,(H,20,23). The van der Waals surface area contributed by atoms with Crippen molar-refractivity contribution >= 4 is 38.9 Å². The summed E-state index contributed by atoms with van der Waals surface area (Å²) < 4.78 is 26.9. The van der Waals surface area contributed by atoms with Gasteiger partial charge >= 0.3 is 0 Å². The van der Waals surface area contributed by atoms with Crippen molar-refractivity contribution in [2.24, 2.45) is 5.92 Å². The van der Waals surface area contributed by atoms with Gasteiger partial charge in [-0.2, -0.15) is 4.31 Å². The Bertz CT molecular complexity index is 995. The highest BCUT2D eigenvalue weighted by Gasteiger charge is 2.33. The maximum atomic E-state index is 12.8. The minimum atomic E-state index is -3.73. The zero-order chi connectivity index (χ0) is 20.3. The summed E-state index contributed by atoms with van der Waals surface area (Å²) in [5.41, 5.74) is 0.172. The van der Waals surface area contributed by atoms with E-state index in [0.29, 0.717) is 30.1 Å². The maximum absolute atomic E-state index is 12.8. The zero-order valence-electron chi connectivity index (χ0n) is 14.7. The van der Waals surface area contributed by atoms with Gasteiger partial charge in [0.15, 0.2) is 0 Å². The first-order valence-corrected chi connectivity index (χ1v) is 10.4. The van der Waals surface area contributed by atoms with Crippen molar-refractivity contribution in [1.29, 1.82) is 0 Å². The van der Waals surface area contributed by atoms with Crippen LogP contribution in [0.3, 0.4) is 0 Å². The second-order valence-electron chi connectivity index (χ2n) is 6.45. The molecule has 0 bridgehead atoms. The van der Waals surface area contributed by atoms with Gasteiger partial charge < -0.3 is 5.32 Å². The summed E-state index contributed by atoms with van der Waals surface area (Å²) in [5, 5.41) is 13.9. The molecule has 1 amide bonds. The van der Waals surface area contributed by atoms with Gasteiger partial charge in [0.05, 0.1) is 15.7 Å². The third kappa shape index (κ3) is 4.49. The number of nitrogens with one attached hydrogen (secondary N) is 1. The van der Waals surface area contributed by atoms with Crippen molar-refractivity contribution in [2.45, 2.75) is 17.7 Å². The number of hydrogen-bond donors (Lipinski definition) is 1. The first-order valence-electron chi connectivity index (χ1n) is 8.58. The number of nitro benzene ring substituents is 1. The lowest BCUT2D eigenvalue weighted by Gasteiger charge is -2.31. The average Bonchev–Trinajstić information content (AvgIpc) is 2.68. The number of nitro groups is 1. The molecule has 2 aromatic rings. The second-order valence-corrected chi connectivity index (χ2v) is 8.83. The Morgan fingerprint density at radius 1 is 1.21 bits per heavy atom. The Kier molecular flexibility index (Phi) is 5.97. The molecule has 148 valence electrons. The van der Waals surface area contributed by atoms with E-state index in [1.54, 1.807) is 6.07 Å². The van der Waals surface area contributed by atoms with E-state index < -0.39 is 20.9 Å². The number of carbonyl (C=O) groups is 1. The van der Waals surface area contributed by atoms with Crippen LogP contribution < -0.4 is 5.32 Å². The fourth-order valence-corrected chi connectivity index (χ4v) is 4.72. The predicted octanol–water partition coefficient (Wildman–Crippen LogP) is 3.29. The van der Waals surface area contributed by atoms with Crippen LogP contribution in [-0.2, 0) is 14.8 Å². The molecule has 1 N–H and O–H groups in total. The van der Waals surface area contributed by atoms with E-state index in [1.807, 2.05) is 0 Å². The number of sulfonamides is 1. The van der Waals surface area contributed by atoms with Gasteiger partial charge in [-0.3, -0.25) is 14.9 Å². The first-order chi connectivity index (χ1) is 13.3. The SMILES string of the molecule is O=C(Nc1cccc([N+](=O)[O-])c1)C1CCCN(S(=O)(=O)c2ccc(Cl)cc2)C1. The molecule has 0 spiro atoms. The monoisotopic (exact) mass is 423 g/mol. The summed E-state index contributed by atoms with van der Waals surface area (Å²) in [6.07, 6.45) is 1.08. The molecule has 1 saturated heterocycles. The van der Waals surface area contributed by atoms with E-state index in [4.69, 9.17) is 11.6 Å². The number of benzene rings is 2. The molecule has 1 heterocycles. The van der Waals surface area contributed by atoms with Crippen LogP contribution in [0.4, 0.5) is 11.4 Å². The lowest BCUT2D eigenvalue weighted by molar-refractivity contribution is -0.384. The predicted molar refractivity (Wildman–Crippen MR) is 105 cm³/mol. The van der Waals surface area contributed by atoms with E-state index in [0.717, 1.165) is 0 Å². The number of anilines is 1. The molecule has 3 rings (SSSR count). The Labute approximate surface area is 167 Å². The summed E-state index contributed by atoms with van der Waals surface area (Å²) in [4.78, 5) is 23.0. The lowest BCUT2D eigenvalue weighted by Crippen LogP contribution is -2.43. The number of nitrogens with zero attached hydrogens (tertiary/aromatic N) is 2. The minimum absolute atomic E-state index is 0.0473. The van der Waals surface area contributed by atoms with Crippen LogP contribution in [-0.4, -0.2) is 36.6 Å². The molecule has 1 aliphatic rings. The Morgan fingerprint density at radius 2 is 1.93 bits per heavy atom. The van der Waals surface area contributed by atoms with Crippen LogP contribution >= 0.6 is 11.6 Å². The van der Waals surface area contributed by atoms with Gasteiger partial charge in [-0.1, -0.05) is 17.7 Å². The molecule has 0 saturated carbocycles. The highest BCUT2D eigenvalue weighted by Crippen LogP contribution is 2.26. The number of hydrogen-bond acceptors (Lipinski definition) is 5. The number of rotatable bonds is 5. The molecular formula is C18H18ClN3O5S. The number of carbonyl (C=O) groups excluding carboxylic acids is 1. The van der Waals surface area contributed by atoms with Gasteiger partial charge in [-0.25, -0.2) is 8.42 Å². The second kappa shape index (κ2) is 8.26. The van der Waals surface area contributed by atoms with Gasteiger partial charge in [-0.15, -0.1) is 0 Å². The number of non-ortho nitro benzene ring substituents is 1. The summed E-state index contributed by atoms with van der Waals surface area (Å²) in [7, 11) is -3.73. The third-order valence-corrected chi connectivity index (χ3v) is 6.66. The lowest BCUT2D eigenvalue weighted by atomic mass is 9.98. The molecule has 0 aliphatic carbocycles. The fourth-order valence-electron chi connectivity index (χ4n) is 3.07. The largest absolute Gasteiger partial charge is 0.326 e. The van der Waals surface area contributed by atoms with Crippen molar-refractivity contribution in [1.82, 2.24) is 4.31 Å². The van der Waals surface area contributed by atoms with Crippen LogP contribution in [0.5, 0.6) is 0 Å². The quantitative estimate of drug-likeness (QED) is 0.586. The van der Waals surface area contributed by atoms with Crippen LogP contribution in [0.25, 0.3) is 0 Å². The molecule has 1 fully saturated rings. The number of piperidine rings is 1. The van der Waals surface area contributed by atoms with E-state index in [9.17, 15) is 23.3 Å². The summed E-state index contributed by atoms with van der Waals surface area (Å²) in [6.45, 7) is 0.372. The maximum Gasteiger partial charge on any atom is 0.271 e. The van der Waals surface area contributed by atoms with Crippen molar-refractivity contribution in [2.75, 3.05) is 18.4 Å². The fraction of sp³-hybridized carbons (Fsp3) is 0.278. The minimum Gasteiger partial charge on any atom is -0.326 e. The molecule has 1 unspecified atom stereocenters. The third-order valence-electron chi connectivity index (χ3n) is 4.53. The van der Waals surface area contributed by atoms with Gasteiger partial charge in [0.2, 0.25) is 15.9 Å². The molecule has 8 nitrogen and oxygen atoms in total. The normalized spacial score (nSPS) is 17.8. The van der Waals surface area contributed by atoms with Crippen LogP contribution in [0.2, 0.25) is 5.02 Å². The Morgan fingerprint density at radius 3 is 2.61 bits per heavy atom. The molecule has 0 aromatic heterocycles. The van der Waals surface area contributed by atoms with Crippen LogP contribution in [0, 0.1) is 16.0 Å². The molecular weight excluding hydrogens is 406 g/mol. The smallest absolute Gasteiger partial charge is 0.271 e. The molecule has 28 heavy (non-hydrogen) atoms. The van der Waals surface area contributed by atoms with E-state index in [-0.39, 0.29) is 23.0 Å². The van der Waals surface area contributed by atoms with Crippen molar-refractivity contribution in [3.8, 4) is 0 Å². The molecule has 2 aromatic carbocycles. The van der Waals surface area contributed by atoms with Crippen molar-refractivity contribution in [3.63, 3.8) is 0 Å². The van der Waals surface area contributed by atoms with E-state index >= 15 is 0 Å². The van der Waals surface area contributed by atoms with Gasteiger partial charge in [0.25, 0.3) is 5.69 Å². The highest BCUT2D eigenvalue weighted by atomic mass is 35.5. The first kappa shape index (κ1) is 20.2. The number of halogens is 1. The van der Waals surface area contributed by atoms with Gasteiger partial charge in [0, 0.05) is 35.9 Å². The van der Waals surface area contributed by atoms with Gasteiger partial charge in [0.1, 0.15) is 0 Å². The number of amides is 1. The van der Waals surface area contributed by atoms with Crippen LogP contribution in [0.1, 0.15) is 12.8 Å². The van der Waals surface area contributed by atoms with E-state index in [2.05, 4.69) is 5.32 Å². The summed E-state index contributed by atoms with van der Waals surface area (Å²) >= 11 is 5.82. The highest BCUT2D eigenvalue weighted by molar-refractivity contribution is 7.89. The zero-order valence-corrected chi connectivity index (χ0v) is 16.3. The molecule has 10 heteroatoms. The Hall–Kier alpha value is -2.49. The van der Waals surface area contributed by atoms with Crippen molar-refractivity contribution < 1.29 is 18.1 Å². The molecule has 0 radical (unpaired) electrons. The van der Waals surface area contributed by atoms with Gasteiger partial charge in [-0.05, 0) is 43.2 Å². The van der Waals surface area contributed by atoms with E-state index in [1.165, 1.54) is 46.8 Å². The van der Waals surface area contributed by atoms with Crippen LogP contribution in [0.15, 0.2) is 53.4 Å². The average molecular weight is 424 g/mol. The topological polar surface area (TPSA) is 110 Å². The summed E-state index contributed by atoms with van der Waals surface area (Å²) in [5.74, 6) is -0.911. The molecule has 1 atom stereocenters. The Balaban J connectivity index is 1.72. The van der Waals surface area contributed by atoms with Crippen molar-refractivity contribution in [3.05, 3.63) is 63.7 Å².